The van der Waals surface area contributed by atoms with E-state index in [1.807, 2.05) is 12.1 Å². The fourth-order valence-corrected chi connectivity index (χ4v) is 3.51. The van der Waals surface area contributed by atoms with Gasteiger partial charge in [-0.25, -0.2) is 0 Å². The smallest absolute Gasteiger partial charge is 0.217 e. The molecule has 0 spiro atoms. The van der Waals surface area contributed by atoms with Crippen LogP contribution in [0.3, 0.4) is 0 Å². The number of rotatable bonds is 3. The van der Waals surface area contributed by atoms with Gasteiger partial charge in [-0.05, 0) is 24.0 Å². The number of amides is 1. The number of nitrogen functional groups attached to an aromatic ring is 1. The third-order valence-electron chi connectivity index (χ3n) is 3.53. The van der Waals surface area contributed by atoms with Gasteiger partial charge in [-0.2, -0.15) is 4.37 Å². The minimum absolute atomic E-state index is 0.0122. The van der Waals surface area contributed by atoms with E-state index >= 15 is 0 Å². The van der Waals surface area contributed by atoms with E-state index in [0.717, 1.165) is 35.6 Å². The Morgan fingerprint density at radius 1 is 1.57 bits per heavy atom. The number of nitrogens with zero attached hydrogens (tertiary/aromatic N) is 3. The lowest BCUT2D eigenvalue weighted by molar-refractivity contribution is -0.119. The van der Waals surface area contributed by atoms with Gasteiger partial charge in [0.1, 0.15) is 10.8 Å². The van der Waals surface area contributed by atoms with E-state index < -0.39 is 0 Å². The summed E-state index contributed by atoms with van der Waals surface area (Å²) in [6.07, 6.45) is 4.47. The first kappa shape index (κ1) is 13.8. The van der Waals surface area contributed by atoms with Gasteiger partial charge in [-0.15, -0.1) is 0 Å². The van der Waals surface area contributed by atoms with Crippen LogP contribution in [0.2, 0.25) is 0 Å². The number of pyridine rings is 1. The van der Waals surface area contributed by atoms with Crippen LogP contribution in [0.25, 0.3) is 11.1 Å². The predicted molar refractivity (Wildman–Crippen MR) is 84.2 cm³/mol. The molecular formula is C14H17N5OS. The van der Waals surface area contributed by atoms with Crippen molar-refractivity contribution in [1.29, 1.82) is 0 Å². The van der Waals surface area contributed by atoms with Crippen molar-refractivity contribution < 1.29 is 4.79 Å². The minimum Gasteiger partial charge on any atom is -0.382 e. The number of nitrogens with one attached hydrogen (secondary N) is 1. The Hall–Kier alpha value is -2.15. The summed E-state index contributed by atoms with van der Waals surface area (Å²) in [4.78, 5) is 17.6. The lowest BCUT2D eigenvalue weighted by Gasteiger charge is -2.18. The molecule has 3 rings (SSSR count). The number of hydrogen-bond acceptors (Lipinski definition) is 6. The molecule has 2 aromatic heterocycles. The Morgan fingerprint density at radius 2 is 2.43 bits per heavy atom. The molecular weight excluding hydrogens is 286 g/mol. The fraction of sp³-hybridized carbons (Fsp3) is 0.357. The normalized spacial score (nSPS) is 18.0. The van der Waals surface area contributed by atoms with E-state index in [1.165, 1.54) is 11.5 Å². The largest absolute Gasteiger partial charge is 0.382 e. The first-order valence-electron chi connectivity index (χ1n) is 6.82. The highest BCUT2D eigenvalue weighted by molar-refractivity contribution is 7.11. The summed E-state index contributed by atoms with van der Waals surface area (Å²) in [6, 6.07) is 4.06. The molecule has 1 atom stereocenters. The van der Waals surface area contributed by atoms with Gasteiger partial charge in [0.15, 0.2) is 0 Å². The molecule has 0 aliphatic carbocycles. The van der Waals surface area contributed by atoms with Crippen LogP contribution in [0, 0.1) is 0 Å². The van der Waals surface area contributed by atoms with Crippen molar-refractivity contribution in [2.24, 2.45) is 0 Å². The Morgan fingerprint density at radius 3 is 3.14 bits per heavy atom. The number of anilines is 2. The van der Waals surface area contributed by atoms with Crippen LogP contribution in [0.4, 0.5) is 10.8 Å². The summed E-state index contributed by atoms with van der Waals surface area (Å²) in [5.41, 5.74) is 7.95. The second-order valence-corrected chi connectivity index (χ2v) is 5.87. The van der Waals surface area contributed by atoms with Crippen molar-refractivity contribution in [3.8, 4) is 11.1 Å². The van der Waals surface area contributed by atoms with E-state index in [-0.39, 0.29) is 11.9 Å². The summed E-state index contributed by atoms with van der Waals surface area (Å²) < 4.78 is 4.29. The number of nitrogens with two attached hydrogens (primary N) is 1. The van der Waals surface area contributed by atoms with Crippen molar-refractivity contribution in [2.45, 2.75) is 19.4 Å². The van der Waals surface area contributed by atoms with E-state index in [0.29, 0.717) is 5.82 Å². The quantitative estimate of drug-likeness (QED) is 0.897. The SMILES string of the molecule is CC(=O)NC1CCN(c2snc(N)c2-c2cccnc2)C1. The average molecular weight is 303 g/mol. The Balaban J connectivity index is 1.86. The van der Waals surface area contributed by atoms with E-state index in [9.17, 15) is 4.79 Å². The van der Waals surface area contributed by atoms with Gasteiger partial charge in [0.2, 0.25) is 5.91 Å². The molecule has 0 saturated carbocycles. The maximum Gasteiger partial charge on any atom is 0.217 e. The van der Waals surface area contributed by atoms with E-state index in [2.05, 4.69) is 19.6 Å². The summed E-state index contributed by atoms with van der Waals surface area (Å²) >= 11 is 1.40. The zero-order valence-corrected chi connectivity index (χ0v) is 12.6. The van der Waals surface area contributed by atoms with Crippen LogP contribution in [-0.4, -0.2) is 34.4 Å². The van der Waals surface area contributed by atoms with Crippen LogP contribution >= 0.6 is 11.5 Å². The zero-order chi connectivity index (χ0) is 14.8. The lowest BCUT2D eigenvalue weighted by Crippen LogP contribution is -2.35. The molecule has 1 amide bonds. The molecule has 7 heteroatoms. The molecule has 3 heterocycles. The van der Waals surface area contributed by atoms with Crippen LogP contribution in [0.15, 0.2) is 24.5 Å². The maximum atomic E-state index is 11.2. The number of aromatic nitrogens is 2. The lowest BCUT2D eigenvalue weighted by atomic mass is 10.1. The Kier molecular flexibility index (Phi) is 3.74. The highest BCUT2D eigenvalue weighted by Crippen LogP contribution is 2.40. The molecule has 0 aromatic carbocycles. The molecule has 0 radical (unpaired) electrons. The Bertz CT molecular complexity index is 642. The standard InChI is InChI=1S/C14H17N5OS/c1-9(20)17-11-4-6-19(8-11)14-12(13(15)18-21-14)10-3-2-5-16-7-10/h2-3,5,7,11H,4,6,8H2,1H3,(H2,15,18)(H,17,20). The van der Waals surface area contributed by atoms with Crippen molar-refractivity contribution in [3.63, 3.8) is 0 Å². The molecule has 2 aromatic rings. The third kappa shape index (κ3) is 2.82. The van der Waals surface area contributed by atoms with Gasteiger partial charge in [-0.3, -0.25) is 9.78 Å². The first-order valence-corrected chi connectivity index (χ1v) is 7.60. The van der Waals surface area contributed by atoms with Crippen LogP contribution in [0.5, 0.6) is 0 Å². The van der Waals surface area contributed by atoms with Crippen molar-refractivity contribution >= 4 is 28.3 Å². The highest BCUT2D eigenvalue weighted by atomic mass is 32.1. The molecule has 1 saturated heterocycles. The van der Waals surface area contributed by atoms with Gasteiger partial charge in [0, 0.05) is 44.0 Å². The third-order valence-corrected chi connectivity index (χ3v) is 4.46. The highest BCUT2D eigenvalue weighted by Gasteiger charge is 2.27. The molecule has 1 fully saturated rings. The molecule has 3 N–H and O–H groups in total. The van der Waals surface area contributed by atoms with Crippen LogP contribution in [-0.2, 0) is 4.79 Å². The Labute approximate surface area is 127 Å². The zero-order valence-electron chi connectivity index (χ0n) is 11.7. The summed E-state index contributed by atoms with van der Waals surface area (Å²) in [7, 11) is 0. The fourth-order valence-electron chi connectivity index (χ4n) is 2.64. The molecule has 110 valence electrons. The molecule has 1 aliphatic rings. The van der Waals surface area contributed by atoms with E-state index in [4.69, 9.17) is 5.73 Å². The van der Waals surface area contributed by atoms with Gasteiger partial charge in [0.25, 0.3) is 0 Å². The summed E-state index contributed by atoms with van der Waals surface area (Å²) in [6.45, 7) is 3.22. The van der Waals surface area contributed by atoms with Crippen LogP contribution in [0.1, 0.15) is 13.3 Å². The monoisotopic (exact) mass is 303 g/mol. The van der Waals surface area contributed by atoms with E-state index in [1.54, 1.807) is 19.3 Å². The molecule has 0 bridgehead atoms. The predicted octanol–water partition coefficient (Wildman–Crippen LogP) is 1.50. The number of carbonyl (C=O) groups is 1. The van der Waals surface area contributed by atoms with Gasteiger partial charge < -0.3 is 16.0 Å². The molecule has 1 unspecified atom stereocenters. The van der Waals surface area contributed by atoms with Crippen molar-refractivity contribution in [1.82, 2.24) is 14.7 Å². The summed E-state index contributed by atoms with van der Waals surface area (Å²) in [5.74, 6) is 0.545. The second kappa shape index (κ2) is 5.69. The summed E-state index contributed by atoms with van der Waals surface area (Å²) in [5, 5.41) is 4.02. The van der Waals surface area contributed by atoms with Gasteiger partial charge >= 0.3 is 0 Å². The number of hydrogen-bond donors (Lipinski definition) is 2. The van der Waals surface area contributed by atoms with Crippen molar-refractivity contribution in [2.75, 3.05) is 23.7 Å². The second-order valence-electron chi connectivity index (χ2n) is 5.12. The average Bonchev–Trinajstić information content (AvgIpc) is 3.05. The van der Waals surface area contributed by atoms with Crippen molar-refractivity contribution in [3.05, 3.63) is 24.5 Å². The molecule has 6 nitrogen and oxygen atoms in total. The number of carbonyl (C=O) groups excluding carboxylic acids is 1. The van der Waals surface area contributed by atoms with Gasteiger partial charge in [0.05, 0.1) is 5.56 Å². The topological polar surface area (TPSA) is 84.1 Å². The first-order chi connectivity index (χ1) is 10.1. The maximum absolute atomic E-state index is 11.2. The molecule has 1 aliphatic heterocycles. The molecule has 21 heavy (non-hydrogen) atoms. The van der Waals surface area contributed by atoms with Crippen LogP contribution < -0.4 is 16.0 Å². The van der Waals surface area contributed by atoms with Gasteiger partial charge in [-0.1, -0.05) is 6.07 Å². The minimum atomic E-state index is 0.0122.